The van der Waals surface area contributed by atoms with E-state index in [1.807, 2.05) is 0 Å². The SMILES string of the molecule is COC(=O)CCC/C=C\C[C@@H]1[C@H](CO)[C@@H]2CC[C@H]1O2. The van der Waals surface area contributed by atoms with E-state index in [0.29, 0.717) is 24.4 Å². The fourth-order valence-corrected chi connectivity index (χ4v) is 3.29. The summed E-state index contributed by atoms with van der Waals surface area (Å²) in [4.78, 5) is 10.9. The summed E-state index contributed by atoms with van der Waals surface area (Å²) >= 11 is 0. The molecule has 2 fully saturated rings. The number of ether oxygens (including phenoxy) is 2. The van der Waals surface area contributed by atoms with E-state index >= 15 is 0 Å². The molecule has 0 aromatic heterocycles. The van der Waals surface area contributed by atoms with Crippen molar-refractivity contribution in [2.24, 2.45) is 11.8 Å². The molecule has 1 N–H and O–H groups in total. The fraction of sp³-hybridized carbons (Fsp3) is 0.800. The molecule has 2 aliphatic rings. The lowest BCUT2D eigenvalue weighted by Crippen LogP contribution is -2.29. The van der Waals surface area contributed by atoms with Crippen LogP contribution in [0.3, 0.4) is 0 Å². The van der Waals surface area contributed by atoms with Crippen LogP contribution in [0.4, 0.5) is 0 Å². The van der Waals surface area contributed by atoms with Crippen LogP contribution in [0, 0.1) is 11.8 Å². The average Bonchev–Trinajstić information content (AvgIpc) is 3.02. The average molecular weight is 268 g/mol. The van der Waals surface area contributed by atoms with Crippen LogP contribution < -0.4 is 0 Å². The van der Waals surface area contributed by atoms with Gasteiger partial charge in [0.25, 0.3) is 0 Å². The maximum atomic E-state index is 10.9. The van der Waals surface area contributed by atoms with Gasteiger partial charge >= 0.3 is 5.97 Å². The summed E-state index contributed by atoms with van der Waals surface area (Å²) in [6.07, 6.45) is 10.4. The van der Waals surface area contributed by atoms with Crippen molar-refractivity contribution in [2.75, 3.05) is 13.7 Å². The number of aliphatic hydroxyl groups excluding tert-OH is 1. The molecular weight excluding hydrogens is 244 g/mol. The molecule has 19 heavy (non-hydrogen) atoms. The van der Waals surface area contributed by atoms with Gasteiger partial charge in [0.2, 0.25) is 0 Å². The number of unbranched alkanes of at least 4 members (excludes halogenated alkanes) is 1. The van der Waals surface area contributed by atoms with E-state index in [2.05, 4.69) is 16.9 Å². The molecule has 0 aliphatic carbocycles. The minimum absolute atomic E-state index is 0.143. The summed E-state index contributed by atoms with van der Waals surface area (Å²) in [5, 5.41) is 9.43. The predicted octanol–water partition coefficient (Wildman–Crippen LogP) is 2.06. The summed E-state index contributed by atoms with van der Waals surface area (Å²) in [6.45, 7) is 0.238. The van der Waals surface area contributed by atoms with Crippen molar-refractivity contribution in [1.29, 1.82) is 0 Å². The molecule has 0 aromatic rings. The standard InChI is InChI=1S/C15H24O4/c1-18-15(17)7-5-3-2-4-6-11-12(10-16)14-9-8-13(11)19-14/h2,4,11-14,16H,3,5-10H2,1H3/b4-2-/t11-,12+,13-,14+/m1/s1. The van der Waals surface area contributed by atoms with Crippen LogP contribution >= 0.6 is 0 Å². The Morgan fingerprint density at radius 3 is 2.74 bits per heavy atom. The molecule has 2 bridgehead atoms. The number of allylic oxidation sites excluding steroid dienone is 2. The molecular formula is C15H24O4. The van der Waals surface area contributed by atoms with Crippen molar-refractivity contribution in [3.05, 3.63) is 12.2 Å². The Kier molecular flexibility index (Phi) is 5.40. The van der Waals surface area contributed by atoms with Gasteiger partial charge in [-0.2, -0.15) is 0 Å². The Morgan fingerprint density at radius 1 is 1.32 bits per heavy atom. The van der Waals surface area contributed by atoms with E-state index in [0.717, 1.165) is 32.1 Å². The molecule has 0 radical (unpaired) electrons. The van der Waals surface area contributed by atoms with Crippen LogP contribution in [0.2, 0.25) is 0 Å². The molecule has 0 saturated carbocycles. The second-order valence-corrected chi connectivity index (χ2v) is 5.48. The van der Waals surface area contributed by atoms with Gasteiger partial charge in [-0.15, -0.1) is 0 Å². The Balaban J connectivity index is 1.66. The first-order valence-electron chi connectivity index (χ1n) is 7.24. The van der Waals surface area contributed by atoms with Crippen molar-refractivity contribution < 1.29 is 19.4 Å². The minimum Gasteiger partial charge on any atom is -0.469 e. The minimum atomic E-state index is -0.143. The molecule has 0 aromatic carbocycles. The smallest absolute Gasteiger partial charge is 0.305 e. The lowest BCUT2D eigenvalue weighted by molar-refractivity contribution is -0.140. The number of methoxy groups -OCH3 is 1. The molecule has 2 saturated heterocycles. The van der Waals surface area contributed by atoms with E-state index < -0.39 is 0 Å². The number of hydrogen-bond acceptors (Lipinski definition) is 4. The number of aliphatic hydroxyl groups is 1. The molecule has 2 rings (SSSR count). The quantitative estimate of drug-likeness (QED) is 0.436. The number of rotatable bonds is 7. The van der Waals surface area contributed by atoms with E-state index in [1.54, 1.807) is 0 Å². The molecule has 4 nitrogen and oxygen atoms in total. The van der Waals surface area contributed by atoms with Gasteiger partial charge in [0, 0.05) is 18.9 Å². The van der Waals surface area contributed by atoms with Gasteiger partial charge in [0.1, 0.15) is 0 Å². The summed E-state index contributed by atoms with van der Waals surface area (Å²) in [6, 6.07) is 0. The van der Waals surface area contributed by atoms with Crippen molar-refractivity contribution in [3.63, 3.8) is 0 Å². The third kappa shape index (κ3) is 3.57. The zero-order valence-corrected chi connectivity index (χ0v) is 11.6. The van der Waals surface area contributed by atoms with Crippen molar-refractivity contribution >= 4 is 5.97 Å². The molecule has 108 valence electrons. The van der Waals surface area contributed by atoms with Crippen molar-refractivity contribution in [2.45, 2.75) is 50.7 Å². The predicted molar refractivity (Wildman–Crippen MR) is 71.6 cm³/mol. The van der Waals surface area contributed by atoms with Gasteiger partial charge in [0.15, 0.2) is 0 Å². The first kappa shape index (κ1) is 14.5. The maximum Gasteiger partial charge on any atom is 0.305 e. The summed E-state index contributed by atoms with van der Waals surface area (Å²) in [5.41, 5.74) is 0. The molecule has 2 aliphatic heterocycles. The van der Waals surface area contributed by atoms with Crippen molar-refractivity contribution in [3.8, 4) is 0 Å². The van der Waals surface area contributed by atoms with Crippen LogP contribution in [0.1, 0.15) is 38.5 Å². The number of carbonyl (C=O) groups excluding carboxylic acids is 1. The first-order valence-corrected chi connectivity index (χ1v) is 7.24. The van der Waals surface area contributed by atoms with E-state index in [4.69, 9.17) is 4.74 Å². The van der Waals surface area contributed by atoms with E-state index in [1.165, 1.54) is 7.11 Å². The Labute approximate surface area is 114 Å². The Morgan fingerprint density at radius 2 is 2.05 bits per heavy atom. The Hall–Kier alpha value is -0.870. The van der Waals surface area contributed by atoms with E-state index in [-0.39, 0.29) is 18.7 Å². The molecule has 0 unspecified atom stereocenters. The summed E-state index contributed by atoms with van der Waals surface area (Å²) in [7, 11) is 1.42. The third-order valence-electron chi connectivity index (χ3n) is 4.36. The topological polar surface area (TPSA) is 55.8 Å². The van der Waals surface area contributed by atoms with Crippen LogP contribution in [-0.2, 0) is 14.3 Å². The van der Waals surface area contributed by atoms with Crippen LogP contribution in [-0.4, -0.2) is 37.0 Å². The second-order valence-electron chi connectivity index (χ2n) is 5.48. The summed E-state index contributed by atoms with van der Waals surface area (Å²) < 4.78 is 10.5. The zero-order valence-electron chi connectivity index (χ0n) is 11.6. The highest BCUT2D eigenvalue weighted by molar-refractivity contribution is 5.68. The highest BCUT2D eigenvalue weighted by Crippen LogP contribution is 2.44. The lowest BCUT2D eigenvalue weighted by atomic mass is 9.78. The monoisotopic (exact) mass is 268 g/mol. The second kappa shape index (κ2) is 7.06. The normalized spacial score (nSPS) is 33.2. The fourth-order valence-electron chi connectivity index (χ4n) is 3.29. The number of fused-ring (bicyclic) bond motifs is 2. The van der Waals surface area contributed by atoms with Gasteiger partial charge in [-0.1, -0.05) is 12.2 Å². The van der Waals surface area contributed by atoms with E-state index in [9.17, 15) is 9.90 Å². The molecule has 4 atom stereocenters. The molecule has 4 heteroatoms. The number of carbonyl (C=O) groups is 1. The number of hydrogen-bond donors (Lipinski definition) is 1. The summed E-state index contributed by atoms with van der Waals surface area (Å²) in [5.74, 6) is 0.648. The maximum absolute atomic E-state index is 10.9. The molecule has 2 heterocycles. The third-order valence-corrected chi connectivity index (χ3v) is 4.36. The number of esters is 1. The van der Waals surface area contributed by atoms with Gasteiger partial charge in [-0.25, -0.2) is 0 Å². The highest BCUT2D eigenvalue weighted by Gasteiger charge is 2.47. The largest absolute Gasteiger partial charge is 0.469 e. The lowest BCUT2D eigenvalue weighted by Gasteiger charge is -2.25. The van der Waals surface area contributed by atoms with Gasteiger partial charge in [-0.3, -0.25) is 4.79 Å². The molecule has 0 spiro atoms. The Bertz CT molecular complexity index is 326. The molecule has 0 amide bonds. The highest BCUT2D eigenvalue weighted by atomic mass is 16.5. The van der Waals surface area contributed by atoms with Crippen molar-refractivity contribution in [1.82, 2.24) is 0 Å². The van der Waals surface area contributed by atoms with Gasteiger partial charge in [0.05, 0.1) is 19.3 Å². The van der Waals surface area contributed by atoms with Gasteiger partial charge in [-0.05, 0) is 38.0 Å². The van der Waals surface area contributed by atoms with Crippen LogP contribution in [0.15, 0.2) is 12.2 Å². The first-order chi connectivity index (χ1) is 9.26. The van der Waals surface area contributed by atoms with Gasteiger partial charge < -0.3 is 14.6 Å². The van der Waals surface area contributed by atoms with Crippen LogP contribution in [0.25, 0.3) is 0 Å². The van der Waals surface area contributed by atoms with Crippen LogP contribution in [0.5, 0.6) is 0 Å². The zero-order chi connectivity index (χ0) is 13.7.